The number of nitrogens with zero attached hydrogens (tertiary/aromatic N) is 1. The van der Waals surface area contributed by atoms with Gasteiger partial charge < -0.3 is 9.79 Å². The van der Waals surface area contributed by atoms with E-state index in [1.165, 1.54) is 6.66 Å². The summed E-state index contributed by atoms with van der Waals surface area (Å²) in [7, 11) is -1.15. The lowest BCUT2D eigenvalue weighted by atomic mass is 10.3. The molecule has 0 aromatic heterocycles. The van der Waals surface area contributed by atoms with Gasteiger partial charge in [-0.25, -0.2) is 0 Å². The smallest absolute Gasteiger partial charge is 0.216 e. The van der Waals surface area contributed by atoms with Crippen LogP contribution in [-0.4, -0.2) is 24.9 Å². The van der Waals surface area contributed by atoms with Crippen molar-refractivity contribution in [2.24, 2.45) is 0 Å². The zero-order valence-electron chi connectivity index (χ0n) is 8.25. The van der Waals surface area contributed by atoms with E-state index in [1.54, 1.807) is 4.90 Å². The minimum Gasteiger partial charge on any atom is -0.365 e. The Kier molecular flexibility index (Phi) is 5.21. The van der Waals surface area contributed by atoms with Crippen LogP contribution >= 0.6 is 19.8 Å². The molecule has 80 valence electrons. The van der Waals surface area contributed by atoms with Crippen LogP contribution in [0.2, 0.25) is 0 Å². The first-order chi connectivity index (χ1) is 5.99. The fraction of sp³-hybridized carbons (Fsp3) is 0.333. The van der Waals surface area contributed by atoms with Crippen molar-refractivity contribution in [1.82, 2.24) is 0 Å². The van der Waals surface area contributed by atoms with E-state index in [-0.39, 0.29) is 18.7 Å². The molecular formula is C9H15ClNO2P. The van der Waals surface area contributed by atoms with Crippen molar-refractivity contribution in [1.29, 1.82) is 0 Å². The zero-order valence-corrected chi connectivity index (χ0v) is 9.96. The Morgan fingerprint density at radius 2 is 1.86 bits per heavy atom. The van der Waals surface area contributed by atoms with Crippen LogP contribution in [0.25, 0.3) is 0 Å². The van der Waals surface area contributed by atoms with E-state index >= 15 is 0 Å². The molecule has 1 rings (SSSR count). The molecule has 1 aromatic rings. The Morgan fingerprint density at radius 1 is 1.36 bits per heavy atom. The molecule has 1 aromatic carbocycles. The average molecular weight is 236 g/mol. The summed E-state index contributed by atoms with van der Waals surface area (Å²) < 4.78 is 11.1. The van der Waals surface area contributed by atoms with Crippen molar-refractivity contribution in [2.45, 2.75) is 0 Å². The fourth-order valence-electron chi connectivity index (χ4n) is 1.16. The largest absolute Gasteiger partial charge is 0.365 e. The maximum Gasteiger partial charge on any atom is 0.216 e. The molecule has 0 bridgehead atoms. The van der Waals surface area contributed by atoms with Crippen molar-refractivity contribution in [2.75, 3.05) is 24.9 Å². The molecule has 0 radical (unpaired) electrons. The number of hydrogen-bond acceptors (Lipinski definition) is 2. The van der Waals surface area contributed by atoms with E-state index in [4.69, 9.17) is 4.89 Å². The lowest BCUT2D eigenvalue weighted by Crippen LogP contribution is -2.17. The molecular weight excluding hydrogens is 221 g/mol. The van der Waals surface area contributed by atoms with Gasteiger partial charge >= 0.3 is 0 Å². The first-order valence-electron chi connectivity index (χ1n) is 4.04. The standard InChI is InChI=1S/C9H14NO2P.ClH/c1-10(8-13(2,11)12)9-6-4-3-5-7-9;/h3-7H,8H2,1-2H3,(H,11,12);1H. The Labute approximate surface area is 90.6 Å². The van der Waals surface area contributed by atoms with E-state index in [1.807, 2.05) is 37.4 Å². The molecule has 1 atom stereocenters. The lowest BCUT2D eigenvalue weighted by Gasteiger charge is -2.20. The van der Waals surface area contributed by atoms with E-state index in [2.05, 4.69) is 0 Å². The third-order valence-corrected chi connectivity index (χ3v) is 2.62. The molecule has 5 heteroatoms. The molecule has 0 saturated heterocycles. The Bertz CT molecular complexity index is 312. The van der Waals surface area contributed by atoms with Gasteiger partial charge in [0.05, 0.1) is 6.29 Å². The molecule has 0 fully saturated rings. The van der Waals surface area contributed by atoms with Crippen LogP contribution in [0.15, 0.2) is 30.3 Å². The quantitative estimate of drug-likeness (QED) is 0.818. The van der Waals surface area contributed by atoms with Gasteiger partial charge in [0, 0.05) is 19.4 Å². The van der Waals surface area contributed by atoms with Crippen LogP contribution in [0, 0.1) is 0 Å². The Balaban J connectivity index is 0.00000169. The number of benzene rings is 1. The highest BCUT2D eigenvalue weighted by molar-refractivity contribution is 7.57. The van der Waals surface area contributed by atoms with Gasteiger partial charge in [0.25, 0.3) is 0 Å². The van der Waals surface area contributed by atoms with Crippen molar-refractivity contribution < 1.29 is 9.46 Å². The lowest BCUT2D eigenvalue weighted by molar-refractivity contribution is 0.484. The molecule has 1 N–H and O–H groups in total. The number of rotatable bonds is 3. The molecule has 0 spiro atoms. The van der Waals surface area contributed by atoms with Gasteiger partial charge in [-0.05, 0) is 12.1 Å². The fourth-order valence-corrected chi connectivity index (χ4v) is 2.11. The highest BCUT2D eigenvalue weighted by Gasteiger charge is 2.13. The minimum absolute atomic E-state index is 0. The summed E-state index contributed by atoms with van der Waals surface area (Å²) >= 11 is 0. The van der Waals surface area contributed by atoms with Crippen LogP contribution in [0.3, 0.4) is 0 Å². The van der Waals surface area contributed by atoms with Crippen LogP contribution in [0.1, 0.15) is 0 Å². The topological polar surface area (TPSA) is 40.5 Å². The summed E-state index contributed by atoms with van der Waals surface area (Å²) in [6, 6.07) is 9.56. The van der Waals surface area contributed by atoms with Crippen molar-refractivity contribution in [3.05, 3.63) is 30.3 Å². The Morgan fingerprint density at radius 3 is 2.29 bits per heavy atom. The van der Waals surface area contributed by atoms with Crippen molar-refractivity contribution in [3.8, 4) is 0 Å². The van der Waals surface area contributed by atoms with E-state index < -0.39 is 7.37 Å². The molecule has 0 aliphatic heterocycles. The summed E-state index contributed by atoms with van der Waals surface area (Å²) in [4.78, 5) is 10.9. The molecule has 0 amide bonds. The van der Waals surface area contributed by atoms with E-state index in [0.717, 1.165) is 5.69 Å². The predicted molar refractivity (Wildman–Crippen MR) is 62.7 cm³/mol. The molecule has 0 saturated carbocycles. The molecule has 0 aliphatic carbocycles. The molecule has 1 unspecified atom stereocenters. The van der Waals surface area contributed by atoms with Gasteiger partial charge in [-0.1, -0.05) is 18.2 Å². The summed E-state index contributed by atoms with van der Waals surface area (Å²) in [5.74, 6) is 0. The van der Waals surface area contributed by atoms with Crippen molar-refractivity contribution >= 4 is 25.5 Å². The normalized spacial score (nSPS) is 13.9. The number of para-hydroxylation sites is 1. The van der Waals surface area contributed by atoms with Gasteiger partial charge in [0.15, 0.2) is 0 Å². The molecule has 14 heavy (non-hydrogen) atoms. The number of anilines is 1. The van der Waals surface area contributed by atoms with Crippen LogP contribution in [0.4, 0.5) is 5.69 Å². The summed E-state index contributed by atoms with van der Waals surface area (Å²) in [5, 5.41) is 0. The second-order valence-electron chi connectivity index (χ2n) is 3.23. The first-order valence-corrected chi connectivity index (χ1v) is 6.34. The van der Waals surface area contributed by atoms with Gasteiger partial charge in [-0.3, -0.25) is 4.57 Å². The highest BCUT2D eigenvalue weighted by Crippen LogP contribution is 2.36. The maximum atomic E-state index is 11.1. The second-order valence-corrected chi connectivity index (χ2v) is 5.61. The minimum atomic E-state index is -2.96. The molecule has 3 nitrogen and oxygen atoms in total. The monoisotopic (exact) mass is 235 g/mol. The predicted octanol–water partition coefficient (Wildman–Crippen LogP) is 2.40. The van der Waals surface area contributed by atoms with Crippen LogP contribution in [-0.2, 0) is 4.57 Å². The van der Waals surface area contributed by atoms with Crippen LogP contribution < -0.4 is 4.90 Å². The van der Waals surface area contributed by atoms with Gasteiger partial charge in [0.2, 0.25) is 7.37 Å². The SMILES string of the molecule is CN(CP(C)(=O)O)c1ccccc1.Cl. The first kappa shape index (κ1) is 13.5. The maximum absolute atomic E-state index is 11.1. The van der Waals surface area contributed by atoms with E-state index in [9.17, 15) is 4.57 Å². The summed E-state index contributed by atoms with van der Waals surface area (Å²) in [5.41, 5.74) is 0.957. The molecule has 0 heterocycles. The zero-order chi connectivity index (χ0) is 9.90. The average Bonchev–Trinajstić information content (AvgIpc) is 2.03. The van der Waals surface area contributed by atoms with Crippen molar-refractivity contribution in [3.63, 3.8) is 0 Å². The molecule has 0 aliphatic rings. The van der Waals surface area contributed by atoms with Crippen LogP contribution in [0.5, 0.6) is 0 Å². The van der Waals surface area contributed by atoms with E-state index in [0.29, 0.717) is 0 Å². The number of hydrogen-bond donors (Lipinski definition) is 1. The number of halogens is 1. The van der Waals surface area contributed by atoms with Gasteiger partial charge in [-0.2, -0.15) is 0 Å². The third-order valence-electron chi connectivity index (χ3n) is 1.67. The Hall–Kier alpha value is -0.500. The third kappa shape index (κ3) is 4.66. The van der Waals surface area contributed by atoms with Gasteiger partial charge in [-0.15, -0.1) is 12.4 Å². The summed E-state index contributed by atoms with van der Waals surface area (Å²) in [6.45, 7) is 1.37. The summed E-state index contributed by atoms with van der Waals surface area (Å²) in [6.07, 6.45) is 0.191. The highest BCUT2D eigenvalue weighted by atomic mass is 35.5. The van der Waals surface area contributed by atoms with Gasteiger partial charge in [0.1, 0.15) is 0 Å². The second kappa shape index (κ2) is 5.40.